The highest BCUT2D eigenvalue weighted by Crippen LogP contribution is 2.17. The molecule has 0 saturated heterocycles. The molecule has 2 rings (SSSR count). The fourth-order valence-corrected chi connectivity index (χ4v) is 3.87. The van der Waals surface area contributed by atoms with Gasteiger partial charge in [0.25, 0.3) is 5.91 Å². The van der Waals surface area contributed by atoms with Gasteiger partial charge in [-0.1, -0.05) is 25.0 Å². The highest BCUT2D eigenvalue weighted by atomic mass is 32.2. The van der Waals surface area contributed by atoms with Gasteiger partial charge in [0.2, 0.25) is 10.0 Å². The Morgan fingerprint density at radius 1 is 1.28 bits per heavy atom. The van der Waals surface area contributed by atoms with Gasteiger partial charge in [-0.15, -0.1) is 6.58 Å². The molecule has 1 aliphatic rings. The molecule has 1 atom stereocenters. The number of rotatable bonds is 8. The Morgan fingerprint density at radius 2 is 1.97 bits per heavy atom. The number of ether oxygens (including phenoxy) is 1. The third-order valence-corrected chi connectivity index (χ3v) is 5.80. The highest BCUT2D eigenvalue weighted by molar-refractivity contribution is 7.89. The van der Waals surface area contributed by atoms with Crippen molar-refractivity contribution in [1.29, 1.82) is 0 Å². The van der Waals surface area contributed by atoms with Crippen LogP contribution in [0.2, 0.25) is 0 Å². The molecule has 158 valence electrons. The van der Waals surface area contributed by atoms with Gasteiger partial charge in [0.15, 0.2) is 6.10 Å². The molecular formula is C19H25N3O6S. The van der Waals surface area contributed by atoms with Crippen molar-refractivity contribution in [3.63, 3.8) is 0 Å². The van der Waals surface area contributed by atoms with E-state index in [1.165, 1.54) is 31.2 Å². The van der Waals surface area contributed by atoms with E-state index < -0.39 is 34.0 Å². The minimum absolute atomic E-state index is 0.0388. The number of imide groups is 1. The molecule has 0 heterocycles. The predicted octanol–water partition coefficient (Wildman–Crippen LogP) is 1.46. The van der Waals surface area contributed by atoms with Crippen molar-refractivity contribution in [2.75, 3.05) is 6.54 Å². The van der Waals surface area contributed by atoms with Crippen molar-refractivity contribution in [2.24, 2.45) is 0 Å². The molecular weight excluding hydrogens is 398 g/mol. The van der Waals surface area contributed by atoms with Crippen LogP contribution in [0.4, 0.5) is 4.79 Å². The number of carbonyl (C=O) groups excluding carboxylic acids is 3. The number of sulfonamides is 1. The summed E-state index contributed by atoms with van der Waals surface area (Å²) in [6.07, 6.45) is 3.95. The molecule has 9 nitrogen and oxygen atoms in total. The van der Waals surface area contributed by atoms with Crippen LogP contribution in [0.5, 0.6) is 0 Å². The average Bonchev–Trinajstić information content (AvgIpc) is 3.19. The lowest BCUT2D eigenvalue weighted by atomic mass is 10.2. The molecule has 3 amide bonds. The number of nitrogens with one attached hydrogen (secondary N) is 3. The van der Waals surface area contributed by atoms with E-state index >= 15 is 0 Å². The average molecular weight is 423 g/mol. The lowest BCUT2D eigenvalue weighted by Crippen LogP contribution is -2.47. The summed E-state index contributed by atoms with van der Waals surface area (Å²) in [5.41, 5.74) is -0.0402. The molecule has 1 aromatic rings. The van der Waals surface area contributed by atoms with Crippen LogP contribution in [0.15, 0.2) is 41.8 Å². The maximum atomic E-state index is 12.3. The Kier molecular flexibility index (Phi) is 7.91. The number of benzene rings is 1. The molecule has 10 heteroatoms. The molecule has 0 spiro atoms. The van der Waals surface area contributed by atoms with Gasteiger partial charge in [-0.3, -0.25) is 10.1 Å². The second-order valence-corrected chi connectivity index (χ2v) is 8.43. The first-order chi connectivity index (χ1) is 13.7. The van der Waals surface area contributed by atoms with Crippen LogP contribution in [0.1, 0.15) is 43.0 Å². The van der Waals surface area contributed by atoms with E-state index in [0.717, 1.165) is 31.7 Å². The van der Waals surface area contributed by atoms with Gasteiger partial charge in [0, 0.05) is 12.6 Å². The van der Waals surface area contributed by atoms with Crippen molar-refractivity contribution in [2.45, 2.75) is 49.6 Å². The van der Waals surface area contributed by atoms with Crippen molar-refractivity contribution in [1.82, 2.24) is 15.4 Å². The smallest absolute Gasteiger partial charge is 0.338 e. The van der Waals surface area contributed by atoms with E-state index in [1.807, 2.05) is 0 Å². The van der Waals surface area contributed by atoms with Gasteiger partial charge >= 0.3 is 12.0 Å². The van der Waals surface area contributed by atoms with Crippen LogP contribution in [0, 0.1) is 0 Å². The largest absolute Gasteiger partial charge is 0.449 e. The van der Waals surface area contributed by atoms with Crippen molar-refractivity contribution >= 4 is 27.9 Å². The van der Waals surface area contributed by atoms with Crippen LogP contribution < -0.4 is 15.4 Å². The molecule has 1 aromatic carbocycles. The highest BCUT2D eigenvalue weighted by Gasteiger charge is 2.24. The van der Waals surface area contributed by atoms with Crippen molar-refractivity contribution < 1.29 is 27.5 Å². The van der Waals surface area contributed by atoms with Crippen LogP contribution in [0.25, 0.3) is 0 Å². The van der Waals surface area contributed by atoms with Crippen molar-refractivity contribution in [3.8, 4) is 0 Å². The molecule has 1 fully saturated rings. The Balaban J connectivity index is 1.94. The molecule has 0 unspecified atom stereocenters. The maximum Gasteiger partial charge on any atom is 0.338 e. The van der Waals surface area contributed by atoms with Crippen LogP contribution in [-0.2, 0) is 19.6 Å². The molecule has 1 aliphatic carbocycles. The van der Waals surface area contributed by atoms with Gasteiger partial charge in [0.1, 0.15) is 0 Å². The summed E-state index contributed by atoms with van der Waals surface area (Å²) in [4.78, 5) is 36.1. The number of hydrogen-bond acceptors (Lipinski definition) is 6. The second-order valence-electron chi connectivity index (χ2n) is 6.66. The summed E-state index contributed by atoms with van der Waals surface area (Å²) >= 11 is 0. The molecule has 3 N–H and O–H groups in total. The van der Waals surface area contributed by atoms with Crippen LogP contribution >= 0.6 is 0 Å². The van der Waals surface area contributed by atoms with Gasteiger partial charge < -0.3 is 10.1 Å². The van der Waals surface area contributed by atoms with Gasteiger partial charge in [-0.05, 0) is 38.0 Å². The fourth-order valence-electron chi connectivity index (χ4n) is 2.83. The summed E-state index contributed by atoms with van der Waals surface area (Å²) in [6.45, 7) is 4.79. The van der Waals surface area contributed by atoms with Gasteiger partial charge in [0.05, 0.1) is 10.5 Å². The first kappa shape index (κ1) is 22.6. The van der Waals surface area contributed by atoms with E-state index in [1.54, 1.807) is 0 Å². The summed E-state index contributed by atoms with van der Waals surface area (Å²) in [7, 11) is -3.81. The molecule has 29 heavy (non-hydrogen) atoms. The molecule has 0 aromatic heterocycles. The standard InChI is InChI=1S/C19H25N3O6S/c1-3-11-20-29(26,27)16-10-6-7-14(12-16)18(24)28-13(2)17(23)22-19(25)21-15-8-4-5-9-15/h3,6-7,10,12-13,15,20H,1,4-5,8-9,11H2,2H3,(H2,21,22,23,25)/t13-/m0/s1. The van der Waals surface area contributed by atoms with E-state index in [2.05, 4.69) is 21.9 Å². The number of carbonyl (C=O) groups is 3. The number of urea groups is 1. The minimum Gasteiger partial charge on any atom is -0.449 e. The molecule has 0 radical (unpaired) electrons. The lowest BCUT2D eigenvalue weighted by Gasteiger charge is -2.15. The molecule has 0 bridgehead atoms. The molecule has 1 saturated carbocycles. The number of hydrogen-bond donors (Lipinski definition) is 3. The Morgan fingerprint density at radius 3 is 2.62 bits per heavy atom. The van der Waals surface area contributed by atoms with Gasteiger partial charge in [-0.25, -0.2) is 22.7 Å². The fraction of sp³-hybridized carbons (Fsp3) is 0.421. The van der Waals surface area contributed by atoms with Crippen molar-refractivity contribution in [3.05, 3.63) is 42.5 Å². The summed E-state index contributed by atoms with van der Waals surface area (Å²) in [5, 5.41) is 4.84. The Bertz CT molecular complexity index is 878. The van der Waals surface area contributed by atoms with E-state index in [4.69, 9.17) is 4.74 Å². The number of esters is 1. The normalized spacial score (nSPS) is 15.3. The van der Waals surface area contributed by atoms with E-state index in [-0.39, 0.29) is 23.0 Å². The monoisotopic (exact) mass is 423 g/mol. The third-order valence-electron chi connectivity index (χ3n) is 4.38. The summed E-state index contributed by atoms with van der Waals surface area (Å²) < 4.78 is 31.6. The predicted molar refractivity (Wildman–Crippen MR) is 106 cm³/mol. The number of amides is 3. The zero-order valence-corrected chi connectivity index (χ0v) is 17.0. The zero-order chi connectivity index (χ0) is 21.4. The van der Waals surface area contributed by atoms with Gasteiger partial charge in [-0.2, -0.15) is 0 Å². The Labute approximate surface area is 169 Å². The van der Waals surface area contributed by atoms with Crippen LogP contribution in [0.3, 0.4) is 0 Å². The zero-order valence-electron chi connectivity index (χ0n) is 16.1. The Hall–Kier alpha value is -2.72. The SMILES string of the molecule is C=CCNS(=O)(=O)c1cccc(C(=O)O[C@@H](C)C(=O)NC(=O)NC2CCCC2)c1. The molecule has 0 aliphatic heterocycles. The van der Waals surface area contributed by atoms with E-state index in [0.29, 0.717) is 0 Å². The summed E-state index contributed by atoms with van der Waals surface area (Å²) in [5.74, 6) is -1.66. The van der Waals surface area contributed by atoms with Crippen LogP contribution in [-0.4, -0.2) is 45.0 Å². The van der Waals surface area contributed by atoms with E-state index in [9.17, 15) is 22.8 Å². The maximum absolute atomic E-state index is 12.3. The second kappa shape index (κ2) is 10.2. The topological polar surface area (TPSA) is 131 Å². The quantitative estimate of drug-likeness (QED) is 0.429. The first-order valence-electron chi connectivity index (χ1n) is 9.26. The lowest BCUT2D eigenvalue weighted by molar-refractivity contribution is -0.127. The first-order valence-corrected chi connectivity index (χ1v) is 10.7. The summed E-state index contributed by atoms with van der Waals surface area (Å²) in [6, 6.07) is 4.63. The minimum atomic E-state index is -3.81. The third kappa shape index (κ3) is 6.68.